The zero-order valence-electron chi connectivity index (χ0n) is 18.5. The van der Waals surface area contributed by atoms with Gasteiger partial charge in [0.15, 0.2) is 5.65 Å². The van der Waals surface area contributed by atoms with Crippen LogP contribution < -0.4 is 5.73 Å². The zero-order valence-corrected chi connectivity index (χ0v) is 18.5. The average Bonchev–Trinajstić information content (AvgIpc) is 3.18. The van der Waals surface area contributed by atoms with E-state index in [4.69, 9.17) is 10.8 Å². The highest BCUT2D eigenvalue weighted by atomic mass is 16.2. The summed E-state index contributed by atoms with van der Waals surface area (Å²) in [5.74, 6) is 1.05. The lowest BCUT2D eigenvalue weighted by Crippen LogP contribution is -2.39. The highest BCUT2D eigenvalue weighted by Gasteiger charge is 2.29. The van der Waals surface area contributed by atoms with Crippen LogP contribution in [0.3, 0.4) is 0 Å². The number of nitrogens with zero attached hydrogens (tertiary/aromatic N) is 5. The van der Waals surface area contributed by atoms with Gasteiger partial charge in [-0.05, 0) is 42.0 Å². The summed E-state index contributed by atoms with van der Waals surface area (Å²) in [6.45, 7) is 5.43. The molecule has 32 heavy (non-hydrogen) atoms. The first-order valence-corrected chi connectivity index (χ1v) is 11.2. The standard InChI is InChI=1S/C25H28N6O/c1-16(18-10-12-30(13-11-18)17(2)32)31-25-23(24(26)27-15-28-25)22(29-31)14-20-8-5-7-19-6-3-4-9-21(19)20/h3-9,15-16,18H,10-14H2,1-2H3,(H2,26,27,28). The van der Waals surface area contributed by atoms with Crippen LogP contribution in [-0.2, 0) is 11.2 Å². The van der Waals surface area contributed by atoms with Gasteiger partial charge in [0.2, 0.25) is 5.91 Å². The van der Waals surface area contributed by atoms with Crippen molar-refractivity contribution >= 4 is 33.5 Å². The number of carbonyl (C=O) groups is 1. The summed E-state index contributed by atoms with van der Waals surface area (Å²) in [7, 11) is 0. The number of benzene rings is 2. The molecule has 164 valence electrons. The van der Waals surface area contributed by atoms with Crippen molar-refractivity contribution in [2.75, 3.05) is 18.8 Å². The van der Waals surface area contributed by atoms with Gasteiger partial charge in [0, 0.05) is 26.4 Å². The number of carbonyl (C=O) groups excluding carboxylic acids is 1. The number of nitrogens with two attached hydrogens (primary N) is 1. The summed E-state index contributed by atoms with van der Waals surface area (Å²) < 4.78 is 2.03. The Hall–Kier alpha value is -3.48. The number of likely N-dealkylation sites (tertiary alicyclic amines) is 1. The lowest BCUT2D eigenvalue weighted by molar-refractivity contribution is -0.130. The molecule has 7 heteroatoms. The maximum Gasteiger partial charge on any atom is 0.219 e. The molecule has 0 saturated carbocycles. The van der Waals surface area contributed by atoms with Gasteiger partial charge in [-0.25, -0.2) is 14.6 Å². The van der Waals surface area contributed by atoms with Crippen molar-refractivity contribution in [3.8, 4) is 0 Å². The molecule has 0 spiro atoms. The minimum atomic E-state index is 0.151. The number of anilines is 1. The van der Waals surface area contributed by atoms with Gasteiger partial charge in [-0.1, -0.05) is 42.5 Å². The molecule has 1 aliphatic heterocycles. The monoisotopic (exact) mass is 428 g/mol. The van der Waals surface area contributed by atoms with Crippen molar-refractivity contribution in [3.05, 3.63) is 60.0 Å². The first-order valence-electron chi connectivity index (χ1n) is 11.2. The zero-order chi connectivity index (χ0) is 22.2. The predicted molar refractivity (Wildman–Crippen MR) is 126 cm³/mol. The van der Waals surface area contributed by atoms with Gasteiger partial charge in [0.1, 0.15) is 12.1 Å². The summed E-state index contributed by atoms with van der Waals surface area (Å²) in [6.07, 6.45) is 4.10. The van der Waals surface area contributed by atoms with Crippen molar-refractivity contribution in [2.45, 2.75) is 39.2 Å². The molecule has 2 aromatic carbocycles. The fraction of sp³-hybridized carbons (Fsp3) is 0.360. The van der Waals surface area contributed by atoms with Gasteiger partial charge >= 0.3 is 0 Å². The molecule has 2 N–H and O–H groups in total. The van der Waals surface area contributed by atoms with Gasteiger partial charge in [-0.15, -0.1) is 0 Å². The molecule has 2 aromatic heterocycles. The molecular weight excluding hydrogens is 400 g/mol. The van der Waals surface area contributed by atoms with Crippen molar-refractivity contribution in [1.82, 2.24) is 24.6 Å². The molecular formula is C25H28N6O. The minimum Gasteiger partial charge on any atom is -0.383 e. The number of fused-ring (bicyclic) bond motifs is 2. The largest absolute Gasteiger partial charge is 0.383 e. The maximum absolute atomic E-state index is 11.7. The third-order valence-electron chi connectivity index (χ3n) is 6.88. The van der Waals surface area contributed by atoms with E-state index >= 15 is 0 Å². The molecule has 1 unspecified atom stereocenters. The lowest BCUT2D eigenvalue weighted by atomic mass is 9.90. The Morgan fingerprint density at radius 2 is 1.88 bits per heavy atom. The van der Waals surface area contributed by atoms with Crippen molar-refractivity contribution in [3.63, 3.8) is 0 Å². The third-order valence-corrected chi connectivity index (χ3v) is 6.88. The number of rotatable bonds is 4. The molecule has 1 fully saturated rings. The number of aromatic nitrogens is 4. The van der Waals surface area contributed by atoms with E-state index in [1.165, 1.54) is 22.7 Å². The molecule has 1 aliphatic rings. The molecule has 0 bridgehead atoms. The number of piperidine rings is 1. The summed E-state index contributed by atoms with van der Waals surface area (Å²) in [6, 6.07) is 14.9. The van der Waals surface area contributed by atoms with E-state index in [9.17, 15) is 4.79 Å². The van der Waals surface area contributed by atoms with Crippen LogP contribution in [0.2, 0.25) is 0 Å². The van der Waals surface area contributed by atoms with Crippen molar-refractivity contribution < 1.29 is 4.79 Å². The van der Waals surface area contributed by atoms with Gasteiger partial charge in [0.25, 0.3) is 0 Å². The van der Waals surface area contributed by atoms with Crippen LogP contribution in [0.25, 0.3) is 21.8 Å². The number of hydrogen-bond acceptors (Lipinski definition) is 5. The molecule has 1 atom stereocenters. The molecule has 7 nitrogen and oxygen atoms in total. The highest BCUT2D eigenvalue weighted by molar-refractivity contribution is 5.90. The SMILES string of the molecule is CC(=O)N1CCC(C(C)n2nc(Cc3cccc4ccccc34)c3c(N)ncnc32)CC1. The summed E-state index contributed by atoms with van der Waals surface area (Å²) >= 11 is 0. The molecule has 0 aliphatic carbocycles. The van der Waals surface area contributed by atoms with E-state index in [2.05, 4.69) is 59.4 Å². The molecule has 4 aromatic rings. The first kappa shape index (κ1) is 20.4. The van der Waals surface area contributed by atoms with E-state index in [-0.39, 0.29) is 11.9 Å². The smallest absolute Gasteiger partial charge is 0.219 e. The predicted octanol–water partition coefficient (Wildman–Crippen LogP) is 3.97. The van der Waals surface area contributed by atoms with Gasteiger partial charge in [-0.3, -0.25) is 4.79 Å². The summed E-state index contributed by atoms with van der Waals surface area (Å²) in [4.78, 5) is 22.5. The fourth-order valence-corrected chi connectivity index (χ4v) is 5.00. The van der Waals surface area contributed by atoms with Crippen LogP contribution in [0.15, 0.2) is 48.8 Å². The van der Waals surface area contributed by atoms with Crippen LogP contribution in [0.1, 0.15) is 44.0 Å². The lowest BCUT2D eigenvalue weighted by Gasteiger charge is -2.34. The second-order valence-electron chi connectivity index (χ2n) is 8.75. The van der Waals surface area contributed by atoms with E-state index in [1.807, 2.05) is 9.58 Å². The second-order valence-corrected chi connectivity index (χ2v) is 8.75. The third kappa shape index (κ3) is 3.57. The Balaban J connectivity index is 1.52. The Kier molecular flexibility index (Phi) is 5.25. The topological polar surface area (TPSA) is 89.9 Å². The van der Waals surface area contributed by atoms with Crippen LogP contribution in [0.5, 0.6) is 0 Å². The van der Waals surface area contributed by atoms with Gasteiger partial charge in [0.05, 0.1) is 17.1 Å². The van der Waals surface area contributed by atoms with Crippen molar-refractivity contribution in [1.29, 1.82) is 0 Å². The van der Waals surface area contributed by atoms with Crippen molar-refractivity contribution in [2.24, 2.45) is 5.92 Å². The Morgan fingerprint density at radius 3 is 2.66 bits per heavy atom. The maximum atomic E-state index is 11.7. The number of hydrogen-bond donors (Lipinski definition) is 1. The van der Waals surface area contributed by atoms with E-state index < -0.39 is 0 Å². The summed E-state index contributed by atoms with van der Waals surface area (Å²) in [5.41, 5.74) is 9.22. The Morgan fingerprint density at radius 1 is 1.12 bits per heavy atom. The second kappa shape index (κ2) is 8.22. The molecule has 1 amide bonds. The van der Waals surface area contributed by atoms with E-state index in [1.54, 1.807) is 6.92 Å². The van der Waals surface area contributed by atoms with Crippen LogP contribution in [0, 0.1) is 5.92 Å². The molecule has 5 rings (SSSR count). The minimum absolute atomic E-state index is 0.151. The first-order chi connectivity index (χ1) is 15.5. The van der Waals surface area contributed by atoms with Gasteiger partial charge < -0.3 is 10.6 Å². The number of nitrogen functional groups attached to an aromatic ring is 1. The molecule has 3 heterocycles. The van der Waals surface area contributed by atoms with E-state index in [0.29, 0.717) is 18.2 Å². The van der Waals surface area contributed by atoms with Gasteiger partial charge in [-0.2, -0.15) is 5.10 Å². The Bertz CT molecular complexity index is 1280. The molecule has 1 saturated heterocycles. The summed E-state index contributed by atoms with van der Waals surface area (Å²) in [5, 5.41) is 8.31. The van der Waals surface area contributed by atoms with Crippen LogP contribution >= 0.6 is 0 Å². The molecule has 0 radical (unpaired) electrons. The average molecular weight is 429 g/mol. The van der Waals surface area contributed by atoms with Crippen LogP contribution in [0.4, 0.5) is 5.82 Å². The quantitative estimate of drug-likeness (QED) is 0.531. The Labute approximate surface area is 187 Å². The van der Waals surface area contributed by atoms with E-state index in [0.717, 1.165) is 42.7 Å². The highest BCUT2D eigenvalue weighted by Crippen LogP contribution is 2.33. The fourth-order valence-electron chi connectivity index (χ4n) is 5.00. The number of amides is 1. The van der Waals surface area contributed by atoms with Crippen LogP contribution in [-0.4, -0.2) is 43.6 Å². The normalized spacial score (nSPS) is 16.0.